The molecular formula is C38H40ClFN8O3. The summed E-state index contributed by atoms with van der Waals surface area (Å²) in [5, 5.41) is 6.54. The van der Waals surface area contributed by atoms with E-state index in [0.717, 1.165) is 49.5 Å². The Morgan fingerprint density at radius 3 is 2.69 bits per heavy atom. The highest BCUT2D eigenvalue weighted by atomic mass is 35.5. The van der Waals surface area contributed by atoms with E-state index < -0.39 is 5.82 Å². The molecule has 3 aromatic heterocycles. The molecule has 13 heteroatoms. The van der Waals surface area contributed by atoms with Crippen LogP contribution in [0.25, 0.3) is 39.0 Å². The highest BCUT2D eigenvalue weighted by Gasteiger charge is 2.45. The molecule has 0 saturated carbocycles. The van der Waals surface area contributed by atoms with Crippen molar-refractivity contribution in [3.05, 3.63) is 71.2 Å². The van der Waals surface area contributed by atoms with Gasteiger partial charge in [0.2, 0.25) is 5.91 Å². The SMILES string of the molecule is CC(C)c1noc(/C=C/C(=O)N2CCC(N(C)c3nc(OCC45CCCN4CCC5)nc4c(F)c(-c5cccc6cccc(Cl)c56)ncc34)C2)n1. The third kappa shape index (κ3) is 6.18. The summed E-state index contributed by atoms with van der Waals surface area (Å²) in [6.45, 7) is 7.51. The van der Waals surface area contributed by atoms with Gasteiger partial charge in [0.15, 0.2) is 11.6 Å². The van der Waals surface area contributed by atoms with Crippen LogP contribution in [-0.4, -0.2) is 92.2 Å². The average molecular weight is 711 g/mol. The van der Waals surface area contributed by atoms with Crippen molar-refractivity contribution in [2.75, 3.05) is 44.7 Å². The summed E-state index contributed by atoms with van der Waals surface area (Å²) < 4.78 is 28.5. The molecule has 1 amide bonds. The van der Waals surface area contributed by atoms with Crippen LogP contribution in [0.2, 0.25) is 5.02 Å². The molecule has 0 spiro atoms. The molecular weight excluding hydrogens is 671 g/mol. The number of likely N-dealkylation sites (N-methyl/N-ethyl adjacent to an activating group) is 1. The Labute approximate surface area is 300 Å². The Bertz CT molecular complexity index is 2140. The van der Waals surface area contributed by atoms with E-state index in [1.807, 2.05) is 56.1 Å². The van der Waals surface area contributed by atoms with Crippen LogP contribution in [0.1, 0.15) is 63.6 Å². The molecule has 3 aliphatic heterocycles. The minimum atomic E-state index is -0.571. The van der Waals surface area contributed by atoms with Gasteiger partial charge in [-0.1, -0.05) is 60.9 Å². The number of anilines is 1. The van der Waals surface area contributed by atoms with E-state index in [1.165, 1.54) is 6.08 Å². The second kappa shape index (κ2) is 13.5. The summed E-state index contributed by atoms with van der Waals surface area (Å²) in [6, 6.07) is 11.3. The first-order chi connectivity index (χ1) is 24.7. The molecule has 51 heavy (non-hydrogen) atoms. The maximum Gasteiger partial charge on any atom is 0.319 e. The van der Waals surface area contributed by atoms with Crippen molar-refractivity contribution >= 4 is 51.1 Å². The van der Waals surface area contributed by atoms with Crippen LogP contribution in [0.15, 0.2) is 53.2 Å². The Balaban J connectivity index is 1.12. The molecule has 3 aliphatic rings. The Morgan fingerprint density at radius 2 is 1.92 bits per heavy atom. The van der Waals surface area contributed by atoms with Gasteiger partial charge >= 0.3 is 6.01 Å². The second-order valence-corrected chi connectivity index (χ2v) is 14.6. The van der Waals surface area contributed by atoms with Gasteiger partial charge in [0.25, 0.3) is 5.89 Å². The van der Waals surface area contributed by atoms with Gasteiger partial charge in [0.05, 0.1) is 10.9 Å². The summed E-state index contributed by atoms with van der Waals surface area (Å²) in [7, 11) is 1.91. The molecule has 0 radical (unpaired) electrons. The van der Waals surface area contributed by atoms with Crippen molar-refractivity contribution in [2.24, 2.45) is 0 Å². The van der Waals surface area contributed by atoms with Crippen molar-refractivity contribution in [3.8, 4) is 17.3 Å². The molecule has 1 atom stereocenters. The summed E-state index contributed by atoms with van der Waals surface area (Å²) in [4.78, 5) is 38.0. The van der Waals surface area contributed by atoms with Gasteiger partial charge < -0.3 is 19.1 Å². The lowest BCUT2D eigenvalue weighted by Crippen LogP contribution is -2.43. The van der Waals surface area contributed by atoms with E-state index in [0.29, 0.717) is 53.7 Å². The molecule has 1 unspecified atom stereocenters. The molecule has 6 heterocycles. The number of amides is 1. The zero-order valence-electron chi connectivity index (χ0n) is 29.0. The highest BCUT2D eigenvalue weighted by Crippen LogP contribution is 2.40. The van der Waals surface area contributed by atoms with Gasteiger partial charge in [-0.3, -0.25) is 14.7 Å². The van der Waals surface area contributed by atoms with Gasteiger partial charge in [0, 0.05) is 66.4 Å². The van der Waals surface area contributed by atoms with E-state index in [1.54, 1.807) is 23.2 Å². The number of benzene rings is 2. The minimum absolute atomic E-state index is 0.0382. The number of carbonyl (C=O) groups excluding carboxylic acids is 1. The monoisotopic (exact) mass is 710 g/mol. The Kier molecular flexibility index (Phi) is 8.83. The Hall–Kier alpha value is -4.68. The number of likely N-dealkylation sites (tertiary alicyclic amines) is 1. The number of fused-ring (bicyclic) bond motifs is 3. The van der Waals surface area contributed by atoms with E-state index in [4.69, 9.17) is 30.8 Å². The second-order valence-electron chi connectivity index (χ2n) is 14.2. The summed E-state index contributed by atoms with van der Waals surface area (Å²) in [6.07, 6.45) is 9.71. The fourth-order valence-electron chi connectivity index (χ4n) is 7.92. The Morgan fingerprint density at radius 1 is 1.14 bits per heavy atom. The van der Waals surface area contributed by atoms with Crippen molar-refractivity contribution in [1.29, 1.82) is 0 Å². The van der Waals surface area contributed by atoms with E-state index in [2.05, 4.69) is 20.0 Å². The van der Waals surface area contributed by atoms with Crippen LogP contribution < -0.4 is 9.64 Å². The topological polar surface area (TPSA) is 114 Å². The lowest BCUT2D eigenvalue weighted by atomic mass is 9.95. The maximum absolute atomic E-state index is 16.9. The van der Waals surface area contributed by atoms with Gasteiger partial charge in [0.1, 0.15) is 23.6 Å². The molecule has 0 N–H and O–H groups in total. The predicted molar refractivity (Wildman–Crippen MR) is 194 cm³/mol. The van der Waals surface area contributed by atoms with Crippen LogP contribution in [-0.2, 0) is 4.79 Å². The van der Waals surface area contributed by atoms with Gasteiger partial charge in [-0.2, -0.15) is 15.0 Å². The largest absolute Gasteiger partial charge is 0.461 e. The predicted octanol–water partition coefficient (Wildman–Crippen LogP) is 6.90. The quantitative estimate of drug-likeness (QED) is 0.150. The lowest BCUT2D eigenvalue weighted by molar-refractivity contribution is -0.124. The summed E-state index contributed by atoms with van der Waals surface area (Å²) in [5.41, 5.74) is 0.821. The molecule has 11 nitrogen and oxygen atoms in total. The summed E-state index contributed by atoms with van der Waals surface area (Å²) >= 11 is 6.64. The van der Waals surface area contributed by atoms with Crippen molar-refractivity contribution in [2.45, 2.75) is 63.5 Å². The van der Waals surface area contributed by atoms with Gasteiger partial charge in [-0.05, 0) is 56.6 Å². The number of pyridine rings is 1. The molecule has 2 aromatic carbocycles. The lowest BCUT2D eigenvalue weighted by Gasteiger charge is -2.31. The maximum atomic E-state index is 16.9. The van der Waals surface area contributed by atoms with E-state index in [9.17, 15) is 4.79 Å². The third-order valence-corrected chi connectivity index (χ3v) is 11.0. The van der Waals surface area contributed by atoms with Crippen LogP contribution in [0.5, 0.6) is 6.01 Å². The van der Waals surface area contributed by atoms with Crippen LogP contribution >= 0.6 is 11.6 Å². The smallest absolute Gasteiger partial charge is 0.319 e. The van der Waals surface area contributed by atoms with Crippen LogP contribution in [0.3, 0.4) is 0 Å². The highest BCUT2D eigenvalue weighted by molar-refractivity contribution is 6.36. The molecule has 0 aliphatic carbocycles. The first kappa shape index (κ1) is 33.5. The fourth-order valence-corrected chi connectivity index (χ4v) is 8.21. The van der Waals surface area contributed by atoms with Crippen LogP contribution in [0.4, 0.5) is 10.2 Å². The van der Waals surface area contributed by atoms with Crippen molar-refractivity contribution < 1.29 is 18.4 Å². The molecule has 5 aromatic rings. The van der Waals surface area contributed by atoms with E-state index >= 15 is 4.39 Å². The molecule has 3 fully saturated rings. The standard InChI is InChI=1S/C38H40ClFN8O3/c1-23(2)35-42-29(51-45-35)12-13-30(49)47-19-14-25(21-47)46(3)36-27-20-41-33(26-10-4-8-24-9-5-11-28(39)31(24)26)32(40)34(27)43-37(44-36)50-22-38-15-6-17-48(38)18-7-16-38/h4-5,8-13,20,23,25H,6-7,14-19,21-22H2,1-3H3/b13-12+. The summed E-state index contributed by atoms with van der Waals surface area (Å²) in [5.74, 6) is 0.772. The van der Waals surface area contributed by atoms with Crippen molar-refractivity contribution in [3.63, 3.8) is 0 Å². The van der Waals surface area contributed by atoms with Crippen molar-refractivity contribution in [1.82, 2.24) is 34.9 Å². The molecule has 264 valence electrons. The fraction of sp³-hybridized carbons (Fsp3) is 0.421. The van der Waals surface area contributed by atoms with E-state index in [-0.39, 0.29) is 46.5 Å². The van der Waals surface area contributed by atoms with Gasteiger partial charge in [-0.15, -0.1) is 0 Å². The number of hydrogen-bond donors (Lipinski definition) is 0. The first-order valence-corrected chi connectivity index (χ1v) is 18.0. The number of ether oxygens (including phenoxy) is 1. The molecule has 0 bridgehead atoms. The number of nitrogens with zero attached hydrogens (tertiary/aromatic N) is 8. The number of rotatable bonds is 9. The number of hydrogen-bond acceptors (Lipinski definition) is 10. The normalized spacial score (nSPS) is 18.9. The molecule has 3 saturated heterocycles. The molecule has 8 rings (SSSR count). The average Bonchev–Trinajstić information content (AvgIpc) is 3.95. The number of carbonyl (C=O) groups is 1. The van der Waals surface area contributed by atoms with Crippen LogP contribution in [0, 0.1) is 5.82 Å². The third-order valence-electron chi connectivity index (χ3n) is 10.7. The zero-order chi connectivity index (χ0) is 35.3. The number of aromatic nitrogens is 5. The number of halogens is 2. The van der Waals surface area contributed by atoms with Gasteiger partial charge in [-0.25, -0.2) is 4.39 Å². The zero-order valence-corrected chi connectivity index (χ0v) is 29.7. The first-order valence-electron chi connectivity index (χ1n) is 17.7. The minimum Gasteiger partial charge on any atom is -0.461 e.